The van der Waals surface area contributed by atoms with E-state index in [4.69, 9.17) is 0 Å². The van der Waals surface area contributed by atoms with Gasteiger partial charge >= 0.3 is 0 Å². The van der Waals surface area contributed by atoms with Crippen molar-refractivity contribution in [3.63, 3.8) is 0 Å². The van der Waals surface area contributed by atoms with Gasteiger partial charge in [-0.25, -0.2) is 4.68 Å². The molecule has 3 rings (SSSR count). The monoisotopic (exact) mass is 251 g/mol. The lowest BCUT2D eigenvalue weighted by Crippen LogP contribution is -2.08. The molecule has 0 saturated carbocycles. The van der Waals surface area contributed by atoms with Crippen molar-refractivity contribution in [2.75, 3.05) is 0 Å². The zero-order chi connectivity index (χ0) is 13.4. The summed E-state index contributed by atoms with van der Waals surface area (Å²) in [7, 11) is 0. The Morgan fingerprint density at radius 1 is 1.00 bits per heavy atom. The second-order valence-electron chi connectivity index (χ2n) is 5.05. The molecule has 19 heavy (non-hydrogen) atoms. The van der Waals surface area contributed by atoms with Gasteiger partial charge < -0.3 is 0 Å². The quantitative estimate of drug-likeness (QED) is 0.696. The number of aromatic nitrogens is 3. The molecule has 2 aromatic carbocycles. The predicted molar refractivity (Wildman–Crippen MR) is 77.3 cm³/mol. The highest BCUT2D eigenvalue weighted by Gasteiger charge is 2.13. The van der Waals surface area contributed by atoms with Crippen LogP contribution in [-0.2, 0) is 0 Å². The van der Waals surface area contributed by atoms with E-state index in [1.807, 2.05) is 10.7 Å². The van der Waals surface area contributed by atoms with Crippen molar-refractivity contribution in [3.8, 4) is 0 Å². The van der Waals surface area contributed by atoms with Gasteiger partial charge in [0.2, 0.25) is 0 Å². The van der Waals surface area contributed by atoms with Gasteiger partial charge in [-0.15, -0.1) is 5.10 Å². The van der Waals surface area contributed by atoms with Gasteiger partial charge in [0.05, 0.1) is 11.6 Å². The van der Waals surface area contributed by atoms with Crippen LogP contribution in [0.5, 0.6) is 0 Å². The van der Waals surface area contributed by atoms with Gasteiger partial charge in [-0.2, -0.15) is 0 Å². The fraction of sp³-hybridized carbons (Fsp3) is 0.250. The van der Waals surface area contributed by atoms with Crippen LogP contribution in [0.4, 0.5) is 0 Å². The van der Waals surface area contributed by atoms with Crippen molar-refractivity contribution in [1.29, 1.82) is 0 Å². The lowest BCUT2D eigenvalue weighted by molar-refractivity contribution is 0.560. The van der Waals surface area contributed by atoms with Gasteiger partial charge in [0.15, 0.2) is 0 Å². The third kappa shape index (κ3) is 2.01. The summed E-state index contributed by atoms with van der Waals surface area (Å²) in [5, 5.41) is 8.60. The molecule has 0 spiro atoms. The van der Waals surface area contributed by atoms with Gasteiger partial charge in [-0.1, -0.05) is 35.5 Å². The molecule has 3 heteroatoms. The predicted octanol–water partition coefficient (Wildman–Crippen LogP) is 3.66. The Hall–Kier alpha value is -2.16. The zero-order valence-electron chi connectivity index (χ0n) is 11.5. The highest BCUT2D eigenvalue weighted by Crippen LogP contribution is 2.23. The summed E-state index contributed by atoms with van der Waals surface area (Å²) in [4.78, 5) is 0. The van der Waals surface area contributed by atoms with Crippen LogP contribution in [0, 0.1) is 13.8 Å². The summed E-state index contributed by atoms with van der Waals surface area (Å²) in [6.45, 7) is 6.38. The molecule has 96 valence electrons. The van der Waals surface area contributed by atoms with E-state index in [2.05, 4.69) is 67.5 Å². The summed E-state index contributed by atoms with van der Waals surface area (Å²) in [6.07, 6.45) is 0. The van der Waals surface area contributed by atoms with Crippen LogP contribution in [0.2, 0.25) is 0 Å². The molecule has 0 saturated heterocycles. The Bertz CT molecular complexity index is 713. The lowest BCUT2D eigenvalue weighted by Gasteiger charge is -2.13. The SMILES string of the molecule is Cc1cc2nnn(C(C)c3ccccc3)c2cc1C. The summed E-state index contributed by atoms with van der Waals surface area (Å²) in [5.74, 6) is 0. The Kier molecular flexibility index (Phi) is 2.82. The Morgan fingerprint density at radius 3 is 2.42 bits per heavy atom. The summed E-state index contributed by atoms with van der Waals surface area (Å²) < 4.78 is 2.00. The number of aryl methyl sites for hydroxylation is 2. The minimum atomic E-state index is 0.188. The first kappa shape index (κ1) is 11.9. The summed E-state index contributed by atoms with van der Waals surface area (Å²) in [5.41, 5.74) is 5.83. The maximum Gasteiger partial charge on any atom is 0.113 e. The van der Waals surface area contributed by atoms with E-state index in [-0.39, 0.29) is 6.04 Å². The van der Waals surface area contributed by atoms with Gasteiger partial charge in [-0.3, -0.25) is 0 Å². The fourth-order valence-electron chi connectivity index (χ4n) is 2.35. The topological polar surface area (TPSA) is 30.7 Å². The molecule has 0 fully saturated rings. The van der Waals surface area contributed by atoms with Crippen LogP contribution in [0.3, 0.4) is 0 Å². The molecule has 1 unspecified atom stereocenters. The first-order valence-electron chi connectivity index (χ1n) is 6.54. The Morgan fingerprint density at radius 2 is 1.68 bits per heavy atom. The standard InChI is InChI=1S/C16H17N3/c1-11-9-15-16(10-12(11)2)19(18-17-15)13(3)14-7-5-4-6-8-14/h4-10,13H,1-3H3. The van der Waals surface area contributed by atoms with Crippen molar-refractivity contribution in [1.82, 2.24) is 15.0 Å². The molecule has 1 heterocycles. The molecule has 1 atom stereocenters. The van der Waals surface area contributed by atoms with Gasteiger partial charge in [0.1, 0.15) is 5.52 Å². The van der Waals surface area contributed by atoms with E-state index in [0.29, 0.717) is 0 Å². The number of hydrogen-bond donors (Lipinski definition) is 0. The highest BCUT2D eigenvalue weighted by molar-refractivity contribution is 5.76. The van der Waals surface area contributed by atoms with Crippen molar-refractivity contribution in [2.45, 2.75) is 26.8 Å². The number of benzene rings is 2. The van der Waals surface area contributed by atoms with E-state index in [9.17, 15) is 0 Å². The van der Waals surface area contributed by atoms with Crippen molar-refractivity contribution in [3.05, 3.63) is 59.2 Å². The van der Waals surface area contributed by atoms with Crippen LogP contribution in [0.25, 0.3) is 11.0 Å². The van der Waals surface area contributed by atoms with Crippen molar-refractivity contribution in [2.24, 2.45) is 0 Å². The van der Waals surface area contributed by atoms with Gasteiger partial charge in [-0.05, 0) is 49.6 Å². The van der Waals surface area contributed by atoms with Crippen LogP contribution in [0.15, 0.2) is 42.5 Å². The maximum absolute atomic E-state index is 4.32. The molecule has 0 amide bonds. The van der Waals surface area contributed by atoms with Crippen LogP contribution in [-0.4, -0.2) is 15.0 Å². The van der Waals surface area contributed by atoms with Crippen LogP contribution >= 0.6 is 0 Å². The third-order valence-corrected chi connectivity index (χ3v) is 3.74. The zero-order valence-corrected chi connectivity index (χ0v) is 11.5. The van der Waals surface area contributed by atoms with E-state index in [0.717, 1.165) is 11.0 Å². The van der Waals surface area contributed by atoms with E-state index in [1.165, 1.54) is 16.7 Å². The van der Waals surface area contributed by atoms with Crippen molar-refractivity contribution >= 4 is 11.0 Å². The van der Waals surface area contributed by atoms with E-state index < -0.39 is 0 Å². The number of rotatable bonds is 2. The van der Waals surface area contributed by atoms with Crippen LogP contribution in [0.1, 0.15) is 29.7 Å². The Labute approximate surface area is 112 Å². The molecule has 1 aromatic heterocycles. The van der Waals surface area contributed by atoms with Gasteiger partial charge in [0, 0.05) is 0 Å². The second-order valence-corrected chi connectivity index (χ2v) is 5.05. The number of fused-ring (bicyclic) bond motifs is 1. The van der Waals surface area contributed by atoms with Gasteiger partial charge in [0.25, 0.3) is 0 Å². The molecule has 0 aliphatic rings. The maximum atomic E-state index is 4.32. The number of nitrogens with zero attached hydrogens (tertiary/aromatic N) is 3. The van der Waals surface area contributed by atoms with E-state index >= 15 is 0 Å². The molecule has 0 aliphatic heterocycles. The smallest absolute Gasteiger partial charge is 0.113 e. The van der Waals surface area contributed by atoms with Crippen molar-refractivity contribution < 1.29 is 0 Å². The molecular formula is C16H17N3. The molecule has 0 radical (unpaired) electrons. The summed E-state index contributed by atoms with van der Waals surface area (Å²) in [6, 6.07) is 14.9. The number of hydrogen-bond acceptors (Lipinski definition) is 2. The normalized spacial score (nSPS) is 12.8. The average molecular weight is 251 g/mol. The molecule has 0 N–H and O–H groups in total. The molecule has 0 bridgehead atoms. The van der Waals surface area contributed by atoms with Crippen LogP contribution < -0.4 is 0 Å². The third-order valence-electron chi connectivity index (χ3n) is 3.74. The minimum absolute atomic E-state index is 0.188. The molecule has 3 aromatic rings. The molecule has 3 nitrogen and oxygen atoms in total. The van der Waals surface area contributed by atoms with E-state index in [1.54, 1.807) is 0 Å². The molecular weight excluding hydrogens is 234 g/mol. The lowest BCUT2D eigenvalue weighted by atomic mass is 10.1. The Balaban J connectivity index is 2.13. The highest BCUT2D eigenvalue weighted by atomic mass is 15.4. The summed E-state index contributed by atoms with van der Waals surface area (Å²) >= 11 is 0. The minimum Gasteiger partial charge on any atom is -0.237 e. The first-order chi connectivity index (χ1) is 9.16. The average Bonchev–Trinajstić information content (AvgIpc) is 2.82. The largest absolute Gasteiger partial charge is 0.237 e. The molecule has 0 aliphatic carbocycles. The fourth-order valence-corrected chi connectivity index (χ4v) is 2.35. The first-order valence-corrected chi connectivity index (χ1v) is 6.54. The second kappa shape index (κ2) is 4.50.